The van der Waals surface area contributed by atoms with E-state index in [1.807, 2.05) is 12.4 Å². The number of hydrogen-bond acceptors (Lipinski definition) is 5. The zero-order chi connectivity index (χ0) is 13.8. The van der Waals surface area contributed by atoms with Gasteiger partial charge in [0, 0.05) is 48.4 Å². The molecule has 1 aliphatic rings. The minimum absolute atomic E-state index is 0.223. The van der Waals surface area contributed by atoms with Gasteiger partial charge in [0.1, 0.15) is 5.82 Å². The van der Waals surface area contributed by atoms with Gasteiger partial charge in [0.25, 0.3) is 0 Å². The van der Waals surface area contributed by atoms with Crippen molar-refractivity contribution in [1.82, 2.24) is 15.3 Å². The fourth-order valence-electron chi connectivity index (χ4n) is 2.03. The Morgan fingerprint density at radius 2 is 1.65 bits per heavy atom. The van der Waals surface area contributed by atoms with Gasteiger partial charge in [0.05, 0.1) is 0 Å². The number of piperazine rings is 1. The molecule has 4 nitrogen and oxygen atoms in total. The lowest BCUT2D eigenvalue weighted by molar-refractivity contribution is 0.579. The number of nitrogens with one attached hydrogen (secondary N) is 1. The van der Waals surface area contributed by atoms with Crippen molar-refractivity contribution >= 4 is 17.7 Å². The molecule has 1 aromatic carbocycles. The van der Waals surface area contributed by atoms with Gasteiger partial charge in [0.2, 0.25) is 5.95 Å². The molecular weight excluding hydrogens is 275 g/mol. The molecule has 2 aromatic rings. The summed E-state index contributed by atoms with van der Waals surface area (Å²) in [5.41, 5.74) is 0. The van der Waals surface area contributed by atoms with E-state index >= 15 is 0 Å². The predicted molar refractivity (Wildman–Crippen MR) is 77.6 cm³/mol. The molecular formula is C14H15FN4S. The molecule has 0 radical (unpaired) electrons. The molecule has 0 bridgehead atoms. The normalized spacial score (nSPS) is 15.3. The molecule has 1 N–H and O–H groups in total. The Bertz CT molecular complexity index is 552. The monoisotopic (exact) mass is 290 g/mol. The highest BCUT2D eigenvalue weighted by Crippen LogP contribution is 2.27. The van der Waals surface area contributed by atoms with Crippen molar-refractivity contribution in [3.8, 4) is 0 Å². The largest absolute Gasteiger partial charge is 0.338 e. The molecule has 1 fully saturated rings. The topological polar surface area (TPSA) is 41.1 Å². The van der Waals surface area contributed by atoms with Gasteiger partial charge in [-0.3, -0.25) is 0 Å². The molecule has 104 valence electrons. The number of halogens is 1. The van der Waals surface area contributed by atoms with Crippen LogP contribution < -0.4 is 10.2 Å². The summed E-state index contributed by atoms with van der Waals surface area (Å²) in [6.45, 7) is 3.81. The third-order valence-corrected chi connectivity index (χ3v) is 4.02. The van der Waals surface area contributed by atoms with Crippen LogP contribution in [0.25, 0.3) is 0 Å². The van der Waals surface area contributed by atoms with Crippen molar-refractivity contribution in [1.29, 1.82) is 0 Å². The zero-order valence-corrected chi connectivity index (χ0v) is 11.7. The Balaban J connectivity index is 1.67. The van der Waals surface area contributed by atoms with Crippen LogP contribution in [-0.2, 0) is 0 Å². The van der Waals surface area contributed by atoms with E-state index in [4.69, 9.17) is 0 Å². The van der Waals surface area contributed by atoms with Crippen LogP contribution in [0.5, 0.6) is 0 Å². The SMILES string of the molecule is Fc1ccc(Sc2cnc(N3CCNCC3)nc2)cc1. The van der Waals surface area contributed by atoms with Crippen molar-refractivity contribution in [3.05, 3.63) is 42.5 Å². The summed E-state index contributed by atoms with van der Waals surface area (Å²) < 4.78 is 12.8. The molecule has 0 amide bonds. The summed E-state index contributed by atoms with van der Waals surface area (Å²) in [5, 5.41) is 3.30. The second-order valence-electron chi connectivity index (χ2n) is 4.51. The van der Waals surface area contributed by atoms with E-state index in [0.717, 1.165) is 41.9 Å². The molecule has 20 heavy (non-hydrogen) atoms. The van der Waals surface area contributed by atoms with Gasteiger partial charge < -0.3 is 10.2 Å². The zero-order valence-electron chi connectivity index (χ0n) is 10.9. The van der Waals surface area contributed by atoms with Crippen LogP contribution in [0.1, 0.15) is 0 Å². The summed E-state index contributed by atoms with van der Waals surface area (Å²) in [6.07, 6.45) is 3.64. The average Bonchev–Trinajstić information content (AvgIpc) is 2.51. The minimum Gasteiger partial charge on any atom is -0.338 e. The summed E-state index contributed by atoms with van der Waals surface area (Å²) in [7, 11) is 0. The predicted octanol–water partition coefficient (Wildman–Crippen LogP) is 2.18. The van der Waals surface area contributed by atoms with Gasteiger partial charge in [0.15, 0.2) is 0 Å². The molecule has 0 aliphatic carbocycles. The lowest BCUT2D eigenvalue weighted by atomic mass is 10.4. The van der Waals surface area contributed by atoms with Crippen molar-refractivity contribution in [2.45, 2.75) is 9.79 Å². The summed E-state index contributed by atoms with van der Waals surface area (Å²) in [5.74, 6) is 0.551. The van der Waals surface area contributed by atoms with Gasteiger partial charge in [-0.25, -0.2) is 14.4 Å². The van der Waals surface area contributed by atoms with Crippen LogP contribution in [0.2, 0.25) is 0 Å². The Labute approximate surface area is 121 Å². The second kappa shape index (κ2) is 6.19. The molecule has 6 heteroatoms. The molecule has 1 aromatic heterocycles. The first kappa shape index (κ1) is 13.3. The van der Waals surface area contributed by atoms with E-state index in [1.54, 1.807) is 12.1 Å². The Kier molecular flexibility index (Phi) is 4.13. The Hall–Kier alpha value is -1.66. The fourth-order valence-corrected chi connectivity index (χ4v) is 2.78. The van der Waals surface area contributed by atoms with E-state index in [0.29, 0.717) is 0 Å². The third-order valence-electron chi connectivity index (χ3n) is 3.06. The van der Waals surface area contributed by atoms with Crippen LogP contribution in [0.3, 0.4) is 0 Å². The summed E-state index contributed by atoms with van der Waals surface area (Å²) >= 11 is 1.53. The molecule has 1 saturated heterocycles. The third kappa shape index (κ3) is 3.26. The summed E-state index contributed by atoms with van der Waals surface area (Å²) in [6, 6.07) is 6.42. The number of anilines is 1. The maximum atomic E-state index is 12.8. The molecule has 0 saturated carbocycles. The van der Waals surface area contributed by atoms with Crippen LogP contribution in [0, 0.1) is 5.82 Å². The van der Waals surface area contributed by atoms with Crippen molar-refractivity contribution in [2.24, 2.45) is 0 Å². The van der Waals surface area contributed by atoms with Crippen LogP contribution in [-0.4, -0.2) is 36.1 Å². The van der Waals surface area contributed by atoms with E-state index in [2.05, 4.69) is 20.2 Å². The number of rotatable bonds is 3. The van der Waals surface area contributed by atoms with Crippen LogP contribution in [0.15, 0.2) is 46.5 Å². The van der Waals surface area contributed by atoms with Crippen molar-refractivity contribution in [2.75, 3.05) is 31.1 Å². The Morgan fingerprint density at radius 1 is 1.00 bits per heavy atom. The molecule has 0 unspecified atom stereocenters. The number of hydrogen-bond donors (Lipinski definition) is 1. The molecule has 0 spiro atoms. The highest BCUT2D eigenvalue weighted by molar-refractivity contribution is 7.99. The second-order valence-corrected chi connectivity index (χ2v) is 5.66. The Morgan fingerprint density at radius 3 is 2.30 bits per heavy atom. The lowest BCUT2D eigenvalue weighted by Crippen LogP contribution is -2.44. The van der Waals surface area contributed by atoms with Gasteiger partial charge in [-0.1, -0.05) is 11.8 Å². The lowest BCUT2D eigenvalue weighted by Gasteiger charge is -2.27. The van der Waals surface area contributed by atoms with E-state index in [-0.39, 0.29) is 5.82 Å². The van der Waals surface area contributed by atoms with Gasteiger partial charge in [-0.05, 0) is 24.3 Å². The first-order valence-electron chi connectivity index (χ1n) is 6.52. The smallest absolute Gasteiger partial charge is 0.225 e. The average molecular weight is 290 g/mol. The van der Waals surface area contributed by atoms with Crippen LogP contribution in [0.4, 0.5) is 10.3 Å². The highest BCUT2D eigenvalue weighted by atomic mass is 32.2. The minimum atomic E-state index is -0.223. The molecule has 1 aliphatic heterocycles. The standard InChI is InChI=1S/C14H15FN4S/c15-11-1-3-12(4-2-11)20-13-9-17-14(18-10-13)19-7-5-16-6-8-19/h1-4,9-10,16H,5-8H2. The van der Waals surface area contributed by atoms with E-state index < -0.39 is 0 Å². The highest BCUT2D eigenvalue weighted by Gasteiger charge is 2.12. The molecule has 2 heterocycles. The quantitative estimate of drug-likeness (QED) is 0.938. The van der Waals surface area contributed by atoms with Gasteiger partial charge in [-0.2, -0.15) is 0 Å². The maximum absolute atomic E-state index is 12.8. The van der Waals surface area contributed by atoms with Crippen LogP contribution >= 0.6 is 11.8 Å². The molecule has 3 rings (SSSR count). The molecule has 0 atom stereocenters. The van der Waals surface area contributed by atoms with Crippen molar-refractivity contribution < 1.29 is 4.39 Å². The number of nitrogens with zero attached hydrogens (tertiary/aromatic N) is 3. The number of benzene rings is 1. The summed E-state index contributed by atoms with van der Waals surface area (Å²) in [4.78, 5) is 12.9. The van der Waals surface area contributed by atoms with E-state index in [1.165, 1.54) is 23.9 Å². The number of aromatic nitrogens is 2. The maximum Gasteiger partial charge on any atom is 0.225 e. The van der Waals surface area contributed by atoms with E-state index in [9.17, 15) is 4.39 Å². The van der Waals surface area contributed by atoms with Gasteiger partial charge >= 0.3 is 0 Å². The first-order chi connectivity index (χ1) is 9.81. The van der Waals surface area contributed by atoms with Crippen molar-refractivity contribution in [3.63, 3.8) is 0 Å². The fraction of sp³-hybridized carbons (Fsp3) is 0.286. The first-order valence-corrected chi connectivity index (χ1v) is 7.34. The van der Waals surface area contributed by atoms with Gasteiger partial charge in [-0.15, -0.1) is 0 Å².